The van der Waals surface area contributed by atoms with Crippen LogP contribution in [0.5, 0.6) is 5.75 Å². The summed E-state index contributed by atoms with van der Waals surface area (Å²) in [4.78, 5) is 39.2. The maximum atomic E-state index is 14.4. The van der Waals surface area contributed by atoms with Gasteiger partial charge in [-0.2, -0.15) is 0 Å². The van der Waals surface area contributed by atoms with Crippen molar-refractivity contribution < 1.29 is 23.8 Å². The molecular weight excluding hydrogens is 612 g/mol. The summed E-state index contributed by atoms with van der Waals surface area (Å²) in [5, 5.41) is 4.07. The number of methoxy groups -OCH3 is 1. The van der Waals surface area contributed by atoms with E-state index < -0.39 is 0 Å². The van der Waals surface area contributed by atoms with Crippen molar-refractivity contribution in [3.05, 3.63) is 58.9 Å². The standard InChI is InChI=1S/C37H46N4O5S/c1-23-17-28(11-14-32(23)44-2)25-5-3-24(4-6-25)20-41(34-18-29(15-16-38-34)33-19-39-35(47-33)26-7-8-26)36(42)27-9-12-31(13-10-27)46-37(43)40-30-21-45-22-30/h11,14-19,24-27,30-31H,3-10,12-13,20-22H2,1-2H3,(H,40,43)/t24-,25-,27-,31-. The number of nitrogens with zero attached hydrogens (tertiary/aromatic N) is 3. The fourth-order valence-electron chi connectivity index (χ4n) is 7.37. The van der Waals surface area contributed by atoms with Gasteiger partial charge in [-0.15, -0.1) is 11.3 Å². The Morgan fingerprint density at radius 2 is 1.72 bits per heavy atom. The van der Waals surface area contributed by atoms with Crippen LogP contribution in [0.15, 0.2) is 42.7 Å². The van der Waals surface area contributed by atoms with Gasteiger partial charge in [0.15, 0.2) is 0 Å². The van der Waals surface area contributed by atoms with Gasteiger partial charge in [0.1, 0.15) is 17.7 Å². The number of anilines is 1. The number of carbonyl (C=O) groups is 2. The van der Waals surface area contributed by atoms with Crippen molar-refractivity contribution in [1.29, 1.82) is 0 Å². The van der Waals surface area contributed by atoms with Crippen LogP contribution in [0, 0.1) is 18.8 Å². The van der Waals surface area contributed by atoms with Gasteiger partial charge in [0.2, 0.25) is 5.91 Å². The summed E-state index contributed by atoms with van der Waals surface area (Å²) < 4.78 is 16.3. The van der Waals surface area contributed by atoms with E-state index >= 15 is 0 Å². The van der Waals surface area contributed by atoms with E-state index in [0.29, 0.717) is 63.2 Å². The van der Waals surface area contributed by atoms with Gasteiger partial charge < -0.3 is 19.5 Å². The topological polar surface area (TPSA) is 103 Å². The zero-order chi connectivity index (χ0) is 32.3. The molecule has 4 aliphatic rings. The maximum Gasteiger partial charge on any atom is 0.407 e. The Kier molecular flexibility index (Phi) is 9.77. The molecule has 2 aromatic heterocycles. The van der Waals surface area contributed by atoms with E-state index in [4.69, 9.17) is 24.2 Å². The Morgan fingerprint density at radius 1 is 0.957 bits per heavy atom. The molecule has 10 heteroatoms. The van der Waals surface area contributed by atoms with Crippen LogP contribution in [0.2, 0.25) is 0 Å². The summed E-state index contributed by atoms with van der Waals surface area (Å²) in [6.45, 7) is 3.85. The predicted molar refractivity (Wildman–Crippen MR) is 182 cm³/mol. The molecule has 1 saturated heterocycles. The van der Waals surface area contributed by atoms with Crippen molar-refractivity contribution in [3.63, 3.8) is 0 Å². The number of pyridine rings is 1. The van der Waals surface area contributed by atoms with Gasteiger partial charge in [0, 0.05) is 30.8 Å². The van der Waals surface area contributed by atoms with Crippen molar-refractivity contribution in [2.45, 2.75) is 95.1 Å². The maximum absolute atomic E-state index is 14.4. The van der Waals surface area contributed by atoms with Crippen LogP contribution in [0.3, 0.4) is 0 Å². The fourth-order valence-corrected chi connectivity index (χ4v) is 8.45. The number of benzene rings is 1. The lowest BCUT2D eigenvalue weighted by atomic mass is 9.78. The van der Waals surface area contributed by atoms with Crippen LogP contribution in [0.1, 0.15) is 92.2 Å². The number of aromatic nitrogens is 2. The highest BCUT2D eigenvalue weighted by molar-refractivity contribution is 7.15. The lowest BCUT2D eigenvalue weighted by molar-refractivity contribution is -0.124. The van der Waals surface area contributed by atoms with Gasteiger partial charge in [-0.3, -0.25) is 9.69 Å². The molecule has 2 amide bonds. The molecular formula is C37H46N4O5S. The molecule has 0 spiro atoms. The first-order valence-electron chi connectivity index (χ1n) is 17.4. The Balaban J connectivity index is 1.03. The lowest BCUT2D eigenvalue weighted by Crippen LogP contribution is -2.49. The van der Waals surface area contributed by atoms with E-state index in [9.17, 15) is 9.59 Å². The molecule has 7 rings (SSSR count). The largest absolute Gasteiger partial charge is 0.496 e. The van der Waals surface area contributed by atoms with Crippen molar-refractivity contribution in [3.8, 4) is 16.2 Å². The smallest absolute Gasteiger partial charge is 0.407 e. The number of thiazole rings is 1. The summed E-state index contributed by atoms with van der Waals surface area (Å²) >= 11 is 1.76. The highest BCUT2D eigenvalue weighted by Gasteiger charge is 2.35. The molecule has 0 bridgehead atoms. The summed E-state index contributed by atoms with van der Waals surface area (Å²) in [5.41, 5.74) is 3.62. The second-order valence-electron chi connectivity index (χ2n) is 13.9. The van der Waals surface area contributed by atoms with E-state index in [-0.39, 0.29) is 30.1 Å². The molecule has 0 unspecified atom stereocenters. The minimum Gasteiger partial charge on any atom is -0.496 e. The lowest BCUT2D eigenvalue weighted by Gasteiger charge is -2.36. The van der Waals surface area contributed by atoms with E-state index in [2.05, 4.69) is 36.5 Å². The molecule has 1 aromatic carbocycles. The van der Waals surface area contributed by atoms with Crippen LogP contribution >= 0.6 is 11.3 Å². The van der Waals surface area contributed by atoms with Crippen molar-refractivity contribution in [1.82, 2.24) is 15.3 Å². The number of alkyl carbamates (subject to hydrolysis) is 1. The third-order valence-corrected chi connectivity index (χ3v) is 11.7. The highest BCUT2D eigenvalue weighted by Crippen LogP contribution is 2.44. The number of ether oxygens (including phenoxy) is 3. The minimum absolute atomic E-state index is 0.0397. The zero-order valence-electron chi connectivity index (χ0n) is 27.5. The molecule has 3 saturated carbocycles. The average Bonchev–Trinajstić information content (AvgIpc) is 3.81. The third kappa shape index (κ3) is 7.64. The number of amides is 2. The second-order valence-corrected chi connectivity index (χ2v) is 15.0. The number of hydrogen-bond acceptors (Lipinski definition) is 8. The first kappa shape index (κ1) is 32.1. The van der Waals surface area contributed by atoms with Gasteiger partial charge in [0.05, 0.1) is 36.3 Å². The van der Waals surface area contributed by atoms with Crippen LogP contribution in [-0.4, -0.2) is 61.0 Å². The minimum atomic E-state index is -0.385. The van der Waals surface area contributed by atoms with E-state index in [1.807, 2.05) is 23.4 Å². The van der Waals surface area contributed by atoms with Gasteiger partial charge in [-0.1, -0.05) is 12.1 Å². The summed E-state index contributed by atoms with van der Waals surface area (Å²) in [7, 11) is 1.72. The van der Waals surface area contributed by atoms with Gasteiger partial charge >= 0.3 is 6.09 Å². The molecule has 250 valence electrons. The van der Waals surface area contributed by atoms with Gasteiger partial charge in [-0.05, 0) is 118 Å². The molecule has 1 N–H and O–H groups in total. The van der Waals surface area contributed by atoms with E-state index in [0.717, 1.165) is 47.7 Å². The Hall–Kier alpha value is -3.50. The van der Waals surface area contributed by atoms with Crippen molar-refractivity contribution in [2.75, 3.05) is 31.8 Å². The molecule has 1 aliphatic heterocycles. The highest BCUT2D eigenvalue weighted by atomic mass is 32.1. The Labute approximate surface area is 281 Å². The van der Waals surface area contributed by atoms with Crippen molar-refractivity contribution in [2.24, 2.45) is 11.8 Å². The number of hydrogen-bond donors (Lipinski definition) is 1. The predicted octanol–water partition coefficient (Wildman–Crippen LogP) is 7.39. The molecule has 3 aromatic rings. The zero-order valence-corrected chi connectivity index (χ0v) is 28.3. The van der Waals surface area contributed by atoms with Gasteiger partial charge in [-0.25, -0.2) is 14.8 Å². The Morgan fingerprint density at radius 3 is 2.40 bits per heavy atom. The first-order valence-corrected chi connectivity index (χ1v) is 18.2. The molecule has 4 fully saturated rings. The first-order chi connectivity index (χ1) is 22.9. The van der Waals surface area contributed by atoms with E-state index in [1.165, 1.54) is 29.0 Å². The monoisotopic (exact) mass is 658 g/mol. The molecule has 9 nitrogen and oxygen atoms in total. The normalized spacial score (nSPS) is 24.6. The summed E-state index contributed by atoms with van der Waals surface area (Å²) in [6, 6.07) is 10.7. The van der Waals surface area contributed by atoms with Crippen LogP contribution < -0.4 is 15.0 Å². The molecule has 47 heavy (non-hydrogen) atoms. The average molecular weight is 659 g/mol. The molecule has 3 aliphatic carbocycles. The van der Waals surface area contributed by atoms with Crippen molar-refractivity contribution >= 4 is 29.2 Å². The summed E-state index contributed by atoms with van der Waals surface area (Å²) in [6.07, 6.45) is 12.8. The number of nitrogens with one attached hydrogen (secondary N) is 1. The van der Waals surface area contributed by atoms with E-state index in [1.54, 1.807) is 18.4 Å². The number of rotatable bonds is 10. The van der Waals surface area contributed by atoms with Crippen LogP contribution in [0.25, 0.3) is 10.4 Å². The van der Waals surface area contributed by atoms with Crippen LogP contribution in [-0.2, 0) is 14.3 Å². The molecule has 0 atom stereocenters. The van der Waals surface area contributed by atoms with Gasteiger partial charge in [0.25, 0.3) is 0 Å². The second kappa shape index (κ2) is 14.3. The quantitative estimate of drug-likeness (QED) is 0.242. The van der Waals surface area contributed by atoms with Crippen LogP contribution in [0.4, 0.5) is 10.6 Å². The number of carbonyl (C=O) groups excluding carboxylic acids is 2. The number of aryl methyl sites for hydroxylation is 1. The fraction of sp³-hybridized carbons (Fsp3) is 0.568. The Bertz CT molecular complexity index is 1550. The third-order valence-electron chi connectivity index (χ3n) is 10.5. The molecule has 0 radical (unpaired) electrons. The SMILES string of the molecule is COc1ccc([C@H]2CC[C@H](CN(c3cc(-c4cnc(C5CC5)s4)ccn3)C(=O)[C@H]3CC[C@H](OC(=O)NC4COC4)CC3)CC2)cc1C. The molecule has 3 heterocycles. The summed E-state index contributed by atoms with van der Waals surface area (Å²) in [5.74, 6) is 3.22.